The monoisotopic (exact) mass is 1000 g/mol. The zero-order valence-corrected chi connectivity index (χ0v) is 47.4. The van der Waals surface area contributed by atoms with Gasteiger partial charge in [0.1, 0.15) is 13.2 Å². The van der Waals surface area contributed by atoms with Gasteiger partial charge in [-0.3, -0.25) is 14.4 Å². The third-order valence-electron chi connectivity index (χ3n) is 13.2. The molecule has 0 spiro atoms. The summed E-state index contributed by atoms with van der Waals surface area (Å²) in [7, 11) is 0. The van der Waals surface area contributed by atoms with Crippen molar-refractivity contribution in [2.75, 3.05) is 13.2 Å². The summed E-state index contributed by atoms with van der Waals surface area (Å²) in [5.41, 5.74) is 0. The minimum Gasteiger partial charge on any atom is -0.462 e. The lowest BCUT2D eigenvalue weighted by atomic mass is 10.0. The molecule has 0 aromatic carbocycles. The molecule has 72 heavy (non-hydrogen) atoms. The topological polar surface area (TPSA) is 78.9 Å². The number of rotatable bonds is 55. The molecule has 1 atom stereocenters. The quantitative estimate of drug-likeness (QED) is 0.0261. The first-order valence-electron chi connectivity index (χ1n) is 30.6. The molecule has 0 bridgehead atoms. The minimum absolute atomic E-state index is 0.0743. The maximum Gasteiger partial charge on any atom is 0.306 e. The number of carbonyl (C=O) groups is 3. The largest absolute Gasteiger partial charge is 0.462 e. The Hall–Kier alpha value is -3.41. The van der Waals surface area contributed by atoms with Crippen molar-refractivity contribution in [1.29, 1.82) is 0 Å². The second kappa shape index (κ2) is 60.1. The van der Waals surface area contributed by atoms with Gasteiger partial charge in [-0.1, -0.05) is 286 Å². The molecule has 0 amide bonds. The van der Waals surface area contributed by atoms with Crippen LogP contribution in [0.3, 0.4) is 0 Å². The average molecular weight is 1000 g/mol. The van der Waals surface area contributed by atoms with Crippen LogP contribution in [0.2, 0.25) is 0 Å². The molecular weight excluding hydrogens is 889 g/mol. The molecular formula is C66H114O6. The van der Waals surface area contributed by atoms with Crippen LogP contribution in [-0.4, -0.2) is 37.2 Å². The lowest BCUT2D eigenvalue weighted by molar-refractivity contribution is -0.167. The van der Waals surface area contributed by atoms with Crippen LogP contribution in [0.25, 0.3) is 0 Å². The summed E-state index contributed by atoms with van der Waals surface area (Å²) in [5.74, 6) is -0.877. The van der Waals surface area contributed by atoms with Crippen LogP contribution in [0.1, 0.15) is 297 Å². The predicted octanol–water partition coefficient (Wildman–Crippen LogP) is 20.7. The van der Waals surface area contributed by atoms with E-state index in [9.17, 15) is 14.4 Å². The van der Waals surface area contributed by atoms with E-state index < -0.39 is 6.10 Å². The molecule has 0 aliphatic carbocycles. The number of esters is 3. The van der Waals surface area contributed by atoms with Crippen molar-refractivity contribution >= 4 is 17.9 Å². The Morgan fingerprint density at radius 2 is 0.542 bits per heavy atom. The van der Waals surface area contributed by atoms with Gasteiger partial charge in [0, 0.05) is 19.3 Å². The van der Waals surface area contributed by atoms with Crippen LogP contribution >= 0.6 is 0 Å². The van der Waals surface area contributed by atoms with Gasteiger partial charge in [-0.2, -0.15) is 0 Å². The molecule has 0 saturated carbocycles. The zero-order chi connectivity index (χ0) is 52.2. The van der Waals surface area contributed by atoms with Crippen molar-refractivity contribution in [3.05, 3.63) is 85.1 Å². The van der Waals surface area contributed by atoms with E-state index in [1.807, 2.05) is 0 Å². The average Bonchev–Trinajstić information content (AvgIpc) is 3.38. The molecule has 0 heterocycles. The fraction of sp³-hybridized carbons (Fsp3) is 0.742. The Morgan fingerprint density at radius 1 is 0.292 bits per heavy atom. The van der Waals surface area contributed by atoms with E-state index in [2.05, 4.69) is 106 Å². The Labute approximate surface area is 445 Å². The predicted molar refractivity (Wildman–Crippen MR) is 311 cm³/mol. The van der Waals surface area contributed by atoms with Crippen molar-refractivity contribution in [1.82, 2.24) is 0 Å². The molecule has 414 valence electrons. The Bertz CT molecular complexity index is 1380. The highest BCUT2D eigenvalue weighted by Crippen LogP contribution is 2.16. The van der Waals surface area contributed by atoms with Gasteiger partial charge in [0.2, 0.25) is 0 Å². The minimum atomic E-state index is -0.773. The Balaban J connectivity index is 4.12. The maximum atomic E-state index is 12.8. The van der Waals surface area contributed by atoms with Gasteiger partial charge >= 0.3 is 17.9 Å². The molecule has 0 saturated heterocycles. The number of hydrogen-bond acceptors (Lipinski definition) is 6. The van der Waals surface area contributed by atoms with Crippen molar-refractivity contribution in [2.45, 2.75) is 303 Å². The highest BCUT2D eigenvalue weighted by molar-refractivity contribution is 5.71. The fourth-order valence-electron chi connectivity index (χ4n) is 8.60. The van der Waals surface area contributed by atoms with Gasteiger partial charge in [-0.15, -0.1) is 0 Å². The Kier molecular flexibility index (Phi) is 57.3. The third-order valence-corrected chi connectivity index (χ3v) is 13.2. The molecule has 0 aromatic heterocycles. The van der Waals surface area contributed by atoms with Gasteiger partial charge in [-0.25, -0.2) is 0 Å². The SMILES string of the molecule is CC/C=C\C/C=C\C/C=C\C/C=C\C/C=C\C/C=C\C/C=C\CCCCCCCCCCCC(=O)OCC(COC(=O)CCCCCCCCC)OC(=O)CCCCCCCCCCCCCCCCCC. The van der Waals surface area contributed by atoms with Crippen molar-refractivity contribution < 1.29 is 28.6 Å². The Morgan fingerprint density at radius 3 is 0.847 bits per heavy atom. The second-order valence-electron chi connectivity index (χ2n) is 20.2. The fourth-order valence-corrected chi connectivity index (χ4v) is 8.60. The van der Waals surface area contributed by atoms with Gasteiger partial charge in [0.25, 0.3) is 0 Å². The first kappa shape index (κ1) is 68.6. The molecule has 0 fully saturated rings. The van der Waals surface area contributed by atoms with Crippen LogP contribution in [0, 0.1) is 0 Å². The summed E-state index contributed by atoms with van der Waals surface area (Å²) >= 11 is 0. The van der Waals surface area contributed by atoms with Crippen LogP contribution in [0.5, 0.6) is 0 Å². The smallest absolute Gasteiger partial charge is 0.306 e. The molecule has 0 aromatic rings. The van der Waals surface area contributed by atoms with Crippen molar-refractivity contribution in [3.8, 4) is 0 Å². The summed E-state index contributed by atoms with van der Waals surface area (Å²) in [6.45, 7) is 6.50. The molecule has 0 rings (SSSR count). The van der Waals surface area contributed by atoms with Crippen molar-refractivity contribution in [3.63, 3.8) is 0 Å². The summed E-state index contributed by atoms with van der Waals surface area (Å²) < 4.78 is 16.8. The lowest BCUT2D eigenvalue weighted by Gasteiger charge is -2.18. The number of hydrogen-bond donors (Lipinski definition) is 0. The van der Waals surface area contributed by atoms with E-state index in [0.29, 0.717) is 19.3 Å². The molecule has 6 nitrogen and oxygen atoms in total. The number of ether oxygens (including phenoxy) is 3. The molecule has 6 heteroatoms. The molecule has 0 radical (unpaired) electrons. The number of unbranched alkanes of at least 4 members (excludes halogenated alkanes) is 30. The second-order valence-corrected chi connectivity index (χ2v) is 20.2. The first-order chi connectivity index (χ1) is 35.5. The number of allylic oxidation sites excluding steroid dienone is 14. The van der Waals surface area contributed by atoms with E-state index in [1.54, 1.807) is 0 Å². The summed E-state index contributed by atoms with van der Waals surface area (Å²) in [6.07, 6.45) is 78.9. The molecule has 0 aliphatic heterocycles. The summed E-state index contributed by atoms with van der Waals surface area (Å²) in [4.78, 5) is 38.0. The van der Waals surface area contributed by atoms with Crippen molar-refractivity contribution in [2.24, 2.45) is 0 Å². The normalized spacial score (nSPS) is 12.7. The van der Waals surface area contributed by atoms with Gasteiger partial charge < -0.3 is 14.2 Å². The van der Waals surface area contributed by atoms with E-state index in [0.717, 1.165) is 109 Å². The van der Waals surface area contributed by atoms with Gasteiger partial charge in [0.15, 0.2) is 6.10 Å². The van der Waals surface area contributed by atoms with Crippen LogP contribution in [0.4, 0.5) is 0 Å². The lowest BCUT2D eigenvalue weighted by Crippen LogP contribution is -2.30. The standard InChI is InChI=1S/C66H114O6/c1-4-7-10-13-16-18-20-22-24-26-27-28-29-30-31-32-33-34-35-36-37-38-39-40-42-43-45-47-50-53-56-59-65(68)71-62-63(61-70-64(67)58-55-52-49-15-12-9-6-3)72-66(69)60-57-54-51-48-46-44-41-25-23-21-19-17-14-11-8-5-2/h7,10,16,18,22,24,27-28,30-31,33-34,36-37,63H,4-6,8-9,11-15,17,19-21,23,25-26,29,32,35,38-62H2,1-3H3/b10-7-,18-16-,24-22-,28-27-,31-30-,34-33-,37-36-. The summed E-state index contributed by atoms with van der Waals surface area (Å²) in [6, 6.07) is 0. The van der Waals surface area contributed by atoms with Crippen LogP contribution in [0.15, 0.2) is 85.1 Å². The van der Waals surface area contributed by atoms with Crippen LogP contribution < -0.4 is 0 Å². The van der Waals surface area contributed by atoms with Crippen LogP contribution in [-0.2, 0) is 28.6 Å². The van der Waals surface area contributed by atoms with Gasteiger partial charge in [0.05, 0.1) is 0 Å². The highest BCUT2D eigenvalue weighted by Gasteiger charge is 2.19. The van der Waals surface area contributed by atoms with Gasteiger partial charge in [-0.05, 0) is 77.0 Å². The van der Waals surface area contributed by atoms with E-state index in [4.69, 9.17) is 14.2 Å². The number of carbonyl (C=O) groups excluding carboxylic acids is 3. The first-order valence-corrected chi connectivity index (χ1v) is 30.6. The maximum absolute atomic E-state index is 12.8. The van der Waals surface area contributed by atoms with E-state index in [1.165, 1.54) is 148 Å². The molecule has 1 unspecified atom stereocenters. The zero-order valence-electron chi connectivity index (χ0n) is 47.4. The van der Waals surface area contributed by atoms with E-state index in [-0.39, 0.29) is 31.1 Å². The molecule has 0 N–H and O–H groups in total. The summed E-state index contributed by atoms with van der Waals surface area (Å²) in [5, 5.41) is 0. The molecule has 0 aliphatic rings. The third kappa shape index (κ3) is 57.5. The van der Waals surface area contributed by atoms with E-state index >= 15 is 0 Å². The highest BCUT2D eigenvalue weighted by atomic mass is 16.6.